The summed E-state index contributed by atoms with van der Waals surface area (Å²) in [6, 6.07) is 4.12. The Bertz CT molecular complexity index is 509. The molecule has 0 amide bonds. The summed E-state index contributed by atoms with van der Waals surface area (Å²) in [5, 5.41) is 6.83. The molecule has 0 radical (unpaired) electrons. The van der Waals surface area contributed by atoms with Gasteiger partial charge in [-0.2, -0.15) is 11.8 Å². The smallest absolute Gasteiger partial charge is 0.191 e. The van der Waals surface area contributed by atoms with Gasteiger partial charge in [0.15, 0.2) is 5.96 Å². The predicted molar refractivity (Wildman–Crippen MR) is 96.9 cm³/mol. The molecule has 6 heteroatoms. The molecule has 22 heavy (non-hydrogen) atoms. The second-order valence-electron chi connectivity index (χ2n) is 6.10. The molecule has 0 spiro atoms. The molecule has 2 heterocycles. The van der Waals surface area contributed by atoms with Crippen LogP contribution in [0.5, 0.6) is 0 Å². The van der Waals surface area contributed by atoms with Crippen LogP contribution in [0.3, 0.4) is 0 Å². The van der Waals surface area contributed by atoms with Crippen LogP contribution in [-0.4, -0.2) is 49.1 Å². The number of guanidine groups is 1. The van der Waals surface area contributed by atoms with E-state index in [2.05, 4.69) is 45.4 Å². The monoisotopic (exact) mass is 321 g/mol. The summed E-state index contributed by atoms with van der Waals surface area (Å²) in [7, 11) is 5.82. The quantitative estimate of drug-likeness (QED) is 0.642. The molecule has 2 N–H and O–H groups in total. The Kier molecular flexibility index (Phi) is 5.94. The van der Waals surface area contributed by atoms with E-state index in [0.717, 1.165) is 24.9 Å². The summed E-state index contributed by atoms with van der Waals surface area (Å²) in [6.45, 7) is 4.03. The Morgan fingerprint density at radius 1 is 1.45 bits per heavy atom. The van der Waals surface area contributed by atoms with Gasteiger partial charge in [-0.15, -0.1) is 0 Å². The molecule has 0 saturated carbocycles. The van der Waals surface area contributed by atoms with Crippen molar-refractivity contribution < 1.29 is 0 Å². The Morgan fingerprint density at radius 2 is 2.27 bits per heavy atom. The first-order valence-corrected chi connectivity index (χ1v) is 8.72. The highest BCUT2D eigenvalue weighted by molar-refractivity contribution is 8.00. The van der Waals surface area contributed by atoms with Crippen LogP contribution in [0.25, 0.3) is 0 Å². The zero-order valence-electron chi connectivity index (χ0n) is 14.0. The van der Waals surface area contributed by atoms with Crippen molar-refractivity contribution in [2.75, 3.05) is 38.3 Å². The Labute approximate surface area is 138 Å². The van der Waals surface area contributed by atoms with E-state index in [9.17, 15) is 0 Å². The SMILES string of the molecule is CN=C(NCc1ccnc(N(C)C)c1)NCC1(C)CCCS1. The zero-order valence-corrected chi connectivity index (χ0v) is 14.8. The second kappa shape index (κ2) is 7.72. The van der Waals surface area contributed by atoms with Gasteiger partial charge < -0.3 is 15.5 Å². The minimum absolute atomic E-state index is 0.340. The van der Waals surface area contributed by atoms with Crippen molar-refractivity contribution in [1.29, 1.82) is 0 Å². The summed E-state index contributed by atoms with van der Waals surface area (Å²) in [6.07, 6.45) is 4.44. The lowest BCUT2D eigenvalue weighted by atomic mass is 10.1. The van der Waals surface area contributed by atoms with Crippen molar-refractivity contribution in [2.45, 2.75) is 31.1 Å². The molecule has 2 rings (SSSR count). The Morgan fingerprint density at radius 3 is 2.91 bits per heavy atom. The predicted octanol–water partition coefficient (Wildman–Crippen LogP) is 2.10. The minimum atomic E-state index is 0.340. The molecule has 0 aromatic carbocycles. The first-order chi connectivity index (χ1) is 10.5. The van der Waals surface area contributed by atoms with E-state index in [1.807, 2.05) is 38.3 Å². The van der Waals surface area contributed by atoms with Crippen molar-refractivity contribution in [3.05, 3.63) is 23.9 Å². The first-order valence-electron chi connectivity index (χ1n) is 7.73. The van der Waals surface area contributed by atoms with E-state index in [-0.39, 0.29) is 0 Å². The highest BCUT2D eigenvalue weighted by Gasteiger charge is 2.29. The Balaban J connectivity index is 1.84. The second-order valence-corrected chi connectivity index (χ2v) is 7.78. The van der Waals surface area contributed by atoms with Crippen LogP contribution in [0, 0.1) is 0 Å². The molecule has 1 aliphatic heterocycles. The number of thioether (sulfide) groups is 1. The fourth-order valence-electron chi connectivity index (χ4n) is 2.47. The largest absolute Gasteiger partial charge is 0.363 e. The van der Waals surface area contributed by atoms with E-state index in [0.29, 0.717) is 4.75 Å². The third-order valence-electron chi connectivity index (χ3n) is 3.88. The first kappa shape index (κ1) is 16.9. The molecule has 1 unspecified atom stereocenters. The number of aliphatic imine (C=N–C) groups is 1. The molecule has 0 bridgehead atoms. The zero-order chi connectivity index (χ0) is 16.0. The number of nitrogens with zero attached hydrogens (tertiary/aromatic N) is 3. The van der Waals surface area contributed by atoms with Gasteiger partial charge in [-0.25, -0.2) is 4.98 Å². The van der Waals surface area contributed by atoms with Gasteiger partial charge in [-0.05, 0) is 43.2 Å². The standard InChI is InChI=1S/C16H27N5S/c1-16(7-5-9-22-16)12-20-15(17-2)19-11-13-6-8-18-14(10-13)21(3)4/h6,8,10H,5,7,9,11-12H2,1-4H3,(H2,17,19,20). The van der Waals surface area contributed by atoms with Crippen molar-refractivity contribution >= 4 is 23.5 Å². The molecule has 1 aromatic heterocycles. The normalized spacial score (nSPS) is 21.7. The minimum Gasteiger partial charge on any atom is -0.363 e. The molecule has 1 aliphatic rings. The fourth-order valence-corrected chi connectivity index (χ4v) is 3.71. The lowest BCUT2D eigenvalue weighted by Crippen LogP contribution is -2.43. The Hall–Kier alpha value is -1.43. The molecule has 0 aliphatic carbocycles. The van der Waals surface area contributed by atoms with E-state index in [4.69, 9.17) is 0 Å². The van der Waals surface area contributed by atoms with E-state index < -0.39 is 0 Å². The molecular weight excluding hydrogens is 294 g/mol. The average molecular weight is 321 g/mol. The molecule has 1 fully saturated rings. The summed E-state index contributed by atoms with van der Waals surface area (Å²) >= 11 is 2.06. The van der Waals surface area contributed by atoms with Gasteiger partial charge in [0.05, 0.1) is 0 Å². The van der Waals surface area contributed by atoms with Crippen molar-refractivity contribution in [3.8, 4) is 0 Å². The van der Waals surface area contributed by atoms with Crippen LogP contribution < -0.4 is 15.5 Å². The fraction of sp³-hybridized carbons (Fsp3) is 0.625. The third-order valence-corrected chi connectivity index (χ3v) is 5.42. The van der Waals surface area contributed by atoms with E-state index in [1.54, 1.807) is 0 Å². The van der Waals surface area contributed by atoms with Gasteiger partial charge in [0.2, 0.25) is 0 Å². The maximum absolute atomic E-state index is 4.33. The summed E-state index contributed by atoms with van der Waals surface area (Å²) in [5.74, 6) is 3.10. The highest BCUT2D eigenvalue weighted by atomic mass is 32.2. The lowest BCUT2D eigenvalue weighted by molar-refractivity contribution is 0.584. The molecule has 1 saturated heterocycles. The van der Waals surface area contributed by atoms with Gasteiger partial charge in [-0.3, -0.25) is 4.99 Å². The van der Waals surface area contributed by atoms with Crippen molar-refractivity contribution in [3.63, 3.8) is 0 Å². The maximum atomic E-state index is 4.33. The molecule has 1 atom stereocenters. The number of hydrogen-bond acceptors (Lipinski definition) is 4. The maximum Gasteiger partial charge on any atom is 0.191 e. The van der Waals surface area contributed by atoms with Gasteiger partial charge in [0.1, 0.15) is 5.82 Å². The topological polar surface area (TPSA) is 52.6 Å². The molecule has 1 aromatic rings. The average Bonchev–Trinajstić information content (AvgIpc) is 2.95. The van der Waals surface area contributed by atoms with Crippen molar-refractivity contribution in [1.82, 2.24) is 15.6 Å². The molecule has 5 nitrogen and oxygen atoms in total. The third kappa shape index (κ3) is 4.80. The van der Waals surface area contributed by atoms with Gasteiger partial charge in [0, 0.05) is 45.2 Å². The number of pyridine rings is 1. The van der Waals surface area contributed by atoms with E-state index in [1.165, 1.54) is 24.2 Å². The molecule has 122 valence electrons. The number of anilines is 1. The van der Waals surface area contributed by atoms with E-state index >= 15 is 0 Å². The number of aromatic nitrogens is 1. The van der Waals surface area contributed by atoms with Crippen LogP contribution in [0.2, 0.25) is 0 Å². The van der Waals surface area contributed by atoms with Crippen LogP contribution >= 0.6 is 11.8 Å². The summed E-state index contributed by atoms with van der Waals surface area (Å²) in [4.78, 5) is 10.7. The number of nitrogens with one attached hydrogen (secondary N) is 2. The molecular formula is C16H27N5S. The number of rotatable bonds is 5. The lowest BCUT2D eigenvalue weighted by Gasteiger charge is -2.24. The van der Waals surface area contributed by atoms with Crippen LogP contribution in [0.4, 0.5) is 5.82 Å². The van der Waals surface area contributed by atoms with Gasteiger partial charge in [0.25, 0.3) is 0 Å². The van der Waals surface area contributed by atoms with Gasteiger partial charge in [-0.1, -0.05) is 0 Å². The summed E-state index contributed by atoms with van der Waals surface area (Å²) in [5.41, 5.74) is 1.20. The van der Waals surface area contributed by atoms with Crippen LogP contribution in [0.1, 0.15) is 25.3 Å². The highest BCUT2D eigenvalue weighted by Crippen LogP contribution is 2.36. The summed E-state index contributed by atoms with van der Waals surface area (Å²) < 4.78 is 0.340. The number of hydrogen-bond donors (Lipinski definition) is 2. The van der Waals surface area contributed by atoms with Gasteiger partial charge >= 0.3 is 0 Å². The van der Waals surface area contributed by atoms with Crippen LogP contribution in [-0.2, 0) is 6.54 Å². The van der Waals surface area contributed by atoms with Crippen molar-refractivity contribution in [2.24, 2.45) is 4.99 Å². The van der Waals surface area contributed by atoms with Crippen LogP contribution in [0.15, 0.2) is 23.3 Å².